The van der Waals surface area contributed by atoms with Gasteiger partial charge in [-0.1, -0.05) is 41.2 Å². The third-order valence-electron chi connectivity index (χ3n) is 5.35. The first-order valence-corrected chi connectivity index (χ1v) is 11.5. The average molecular weight is 445 g/mol. The zero-order valence-electron chi connectivity index (χ0n) is 16.9. The van der Waals surface area contributed by atoms with Gasteiger partial charge in [0, 0.05) is 11.8 Å². The number of methoxy groups -OCH3 is 1. The second-order valence-corrected chi connectivity index (χ2v) is 9.56. The predicted molar refractivity (Wildman–Crippen MR) is 118 cm³/mol. The Bertz CT molecular complexity index is 1030. The molecule has 3 aromatic rings. The van der Waals surface area contributed by atoms with Gasteiger partial charge in [0.25, 0.3) is 0 Å². The second kappa shape index (κ2) is 9.05. The molecular weight excluding hydrogens is 420 g/mol. The van der Waals surface area contributed by atoms with Crippen LogP contribution in [0.2, 0.25) is 0 Å². The van der Waals surface area contributed by atoms with E-state index in [4.69, 9.17) is 10.5 Å². The van der Waals surface area contributed by atoms with E-state index >= 15 is 0 Å². The summed E-state index contributed by atoms with van der Waals surface area (Å²) in [5, 5.41) is 22.6. The molecule has 2 aromatic heterocycles. The maximum absolute atomic E-state index is 12.5. The van der Waals surface area contributed by atoms with Crippen molar-refractivity contribution in [3.8, 4) is 5.75 Å². The lowest BCUT2D eigenvalue weighted by atomic mass is 9.82. The smallest absolute Gasteiger partial charge is 0.230 e. The standard InChI is InChI=1S/C20H24N6O2S2/c1-11-6-7-12(8-15(11)28-2)9-16(27)22-20-26-24-18(30-20)14-5-3-4-13(10-14)17-23-25-19(21)29-17/h6-8,13-14H,3-5,9-10H2,1-2H3,(H2,21,25)(H,22,26,27). The fraction of sp³-hybridized carbons (Fsp3) is 0.450. The summed E-state index contributed by atoms with van der Waals surface area (Å²) in [4.78, 5) is 12.5. The van der Waals surface area contributed by atoms with Gasteiger partial charge >= 0.3 is 0 Å². The summed E-state index contributed by atoms with van der Waals surface area (Å²) >= 11 is 2.92. The molecule has 0 saturated heterocycles. The lowest BCUT2D eigenvalue weighted by Crippen LogP contribution is -2.14. The number of carbonyl (C=O) groups excluding carboxylic acids is 1. The molecule has 1 saturated carbocycles. The molecule has 0 radical (unpaired) electrons. The molecule has 1 aliphatic rings. The highest BCUT2D eigenvalue weighted by Crippen LogP contribution is 2.43. The lowest BCUT2D eigenvalue weighted by Gasteiger charge is -2.25. The van der Waals surface area contributed by atoms with E-state index in [-0.39, 0.29) is 12.3 Å². The van der Waals surface area contributed by atoms with Crippen LogP contribution in [0.25, 0.3) is 0 Å². The van der Waals surface area contributed by atoms with Gasteiger partial charge in [-0.3, -0.25) is 4.79 Å². The van der Waals surface area contributed by atoms with Gasteiger partial charge in [0.1, 0.15) is 15.8 Å². The number of anilines is 2. The molecule has 30 heavy (non-hydrogen) atoms. The van der Waals surface area contributed by atoms with Crippen LogP contribution in [-0.4, -0.2) is 33.4 Å². The number of ether oxygens (including phenoxy) is 1. The van der Waals surface area contributed by atoms with Gasteiger partial charge in [-0.05, 0) is 43.4 Å². The summed E-state index contributed by atoms with van der Waals surface area (Å²) in [6, 6.07) is 5.78. The number of aryl methyl sites for hydroxylation is 1. The third-order valence-corrected chi connectivity index (χ3v) is 7.27. The van der Waals surface area contributed by atoms with Gasteiger partial charge in [-0.15, -0.1) is 20.4 Å². The monoisotopic (exact) mass is 444 g/mol. The first kappa shape index (κ1) is 20.7. The Morgan fingerprint density at radius 3 is 2.60 bits per heavy atom. The van der Waals surface area contributed by atoms with E-state index < -0.39 is 0 Å². The summed E-state index contributed by atoms with van der Waals surface area (Å²) in [6.45, 7) is 1.97. The Hall–Kier alpha value is -2.59. The summed E-state index contributed by atoms with van der Waals surface area (Å²) < 4.78 is 5.33. The average Bonchev–Trinajstić information content (AvgIpc) is 3.38. The van der Waals surface area contributed by atoms with E-state index in [0.717, 1.165) is 52.6 Å². The van der Waals surface area contributed by atoms with Crippen molar-refractivity contribution in [2.24, 2.45) is 0 Å². The molecular formula is C20H24N6O2S2. The van der Waals surface area contributed by atoms with E-state index in [9.17, 15) is 4.79 Å². The number of aromatic nitrogens is 4. The topological polar surface area (TPSA) is 116 Å². The first-order valence-electron chi connectivity index (χ1n) is 9.87. The van der Waals surface area contributed by atoms with Crippen LogP contribution in [0.15, 0.2) is 18.2 Å². The molecule has 2 unspecified atom stereocenters. The van der Waals surface area contributed by atoms with E-state index in [1.807, 2.05) is 25.1 Å². The van der Waals surface area contributed by atoms with Crippen molar-refractivity contribution in [3.63, 3.8) is 0 Å². The van der Waals surface area contributed by atoms with Gasteiger partial charge < -0.3 is 15.8 Å². The van der Waals surface area contributed by atoms with Crippen LogP contribution in [0.3, 0.4) is 0 Å². The van der Waals surface area contributed by atoms with Crippen molar-refractivity contribution in [1.29, 1.82) is 0 Å². The number of nitrogens with two attached hydrogens (primary N) is 1. The minimum absolute atomic E-state index is 0.116. The van der Waals surface area contributed by atoms with Crippen LogP contribution in [0.4, 0.5) is 10.3 Å². The Morgan fingerprint density at radius 1 is 1.17 bits per heavy atom. The van der Waals surface area contributed by atoms with Crippen molar-refractivity contribution >= 4 is 38.8 Å². The highest BCUT2D eigenvalue weighted by atomic mass is 32.1. The zero-order chi connectivity index (χ0) is 21.1. The molecule has 3 N–H and O–H groups in total. The van der Waals surface area contributed by atoms with Crippen molar-refractivity contribution in [2.45, 2.75) is 50.9 Å². The SMILES string of the molecule is COc1cc(CC(=O)Nc2nnc(C3CCCC(c4nnc(N)s4)C3)s2)ccc1C. The van der Waals surface area contributed by atoms with E-state index in [1.54, 1.807) is 7.11 Å². The Kier molecular flexibility index (Phi) is 6.24. The normalized spacial score (nSPS) is 18.9. The number of carbonyl (C=O) groups is 1. The number of nitrogens with zero attached hydrogens (tertiary/aromatic N) is 4. The zero-order valence-corrected chi connectivity index (χ0v) is 18.6. The Balaban J connectivity index is 1.37. The Morgan fingerprint density at radius 2 is 1.90 bits per heavy atom. The van der Waals surface area contributed by atoms with E-state index in [1.165, 1.54) is 22.7 Å². The van der Waals surface area contributed by atoms with Crippen LogP contribution in [0.5, 0.6) is 5.75 Å². The molecule has 1 aliphatic carbocycles. The van der Waals surface area contributed by atoms with Crippen molar-refractivity contribution in [2.75, 3.05) is 18.2 Å². The Labute approximate surface area is 182 Å². The van der Waals surface area contributed by atoms with Crippen LogP contribution < -0.4 is 15.8 Å². The van der Waals surface area contributed by atoms with Crippen LogP contribution in [0.1, 0.15) is 58.7 Å². The summed E-state index contributed by atoms with van der Waals surface area (Å²) in [6.07, 6.45) is 4.48. The lowest BCUT2D eigenvalue weighted by molar-refractivity contribution is -0.115. The highest BCUT2D eigenvalue weighted by Gasteiger charge is 2.29. The van der Waals surface area contributed by atoms with Gasteiger partial charge in [-0.25, -0.2) is 0 Å². The minimum Gasteiger partial charge on any atom is -0.496 e. The quantitative estimate of drug-likeness (QED) is 0.592. The van der Waals surface area contributed by atoms with Crippen molar-refractivity contribution in [3.05, 3.63) is 39.3 Å². The number of hydrogen-bond donors (Lipinski definition) is 2. The van der Waals surface area contributed by atoms with Crippen LogP contribution >= 0.6 is 22.7 Å². The molecule has 4 rings (SSSR count). The molecule has 2 heterocycles. The molecule has 2 atom stereocenters. The summed E-state index contributed by atoms with van der Waals surface area (Å²) in [5.41, 5.74) is 7.67. The molecule has 1 amide bonds. The molecule has 8 nitrogen and oxygen atoms in total. The number of nitrogens with one attached hydrogen (secondary N) is 1. The molecule has 0 spiro atoms. The van der Waals surface area contributed by atoms with Crippen molar-refractivity contribution in [1.82, 2.24) is 20.4 Å². The largest absolute Gasteiger partial charge is 0.496 e. The van der Waals surface area contributed by atoms with Gasteiger partial charge in [0.2, 0.25) is 16.2 Å². The van der Waals surface area contributed by atoms with Gasteiger partial charge in [0.05, 0.1) is 13.5 Å². The molecule has 158 valence electrons. The second-order valence-electron chi connectivity index (χ2n) is 7.51. The highest BCUT2D eigenvalue weighted by molar-refractivity contribution is 7.15. The van der Waals surface area contributed by atoms with Gasteiger partial charge in [-0.2, -0.15) is 0 Å². The number of hydrogen-bond acceptors (Lipinski definition) is 9. The number of rotatable bonds is 6. The van der Waals surface area contributed by atoms with E-state index in [2.05, 4.69) is 25.7 Å². The molecule has 10 heteroatoms. The maximum Gasteiger partial charge on any atom is 0.230 e. The fourth-order valence-electron chi connectivity index (χ4n) is 3.82. The number of benzene rings is 1. The summed E-state index contributed by atoms with van der Waals surface area (Å²) in [5.74, 6) is 1.34. The predicted octanol–water partition coefficient (Wildman–Crippen LogP) is 3.91. The van der Waals surface area contributed by atoms with Crippen LogP contribution in [-0.2, 0) is 11.2 Å². The summed E-state index contributed by atoms with van der Waals surface area (Å²) in [7, 11) is 1.63. The van der Waals surface area contributed by atoms with Crippen molar-refractivity contribution < 1.29 is 9.53 Å². The molecule has 0 bridgehead atoms. The molecule has 1 aromatic carbocycles. The fourth-order valence-corrected chi connectivity index (χ4v) is 5.49. The maximum atomic E-state index is 12.5. The number of amides is 1. The van der Waals surface area contributed by atoms with E-state index in [0.29, 0.717) is 22.1 Å². The van der Waals surface area contributed by atoms with Gasteiger partial charge in [0.15, 0.2) is 0 Å². The third kappa shape index (κ3) is 4.76. The minimum atomic E-state index is -0.116. The molecule has 0 aliphatic heterocycles. The number of nitrogen functional groups attached to an aromatic ring is 1. The van der Waals surface area contributed by atoms with Crippen LogP contribution in [0, 0.1) is 6.92 Å². The molecule has 1 fully saturated rings. The first-order chi connectivity index (χ1) is 14.5.